The van der Waals surface area contributed by atoms with E-state index in [0.717, 1.165) is 13.0 Å². The molecule has 5 heteroatoms. The average Bonchev–Trinajstić information content (AvgIpc) is 2.62. The van der Waals surface area contributed by atoms with E-state index in [-0.39, 0.29) is 23.8 Å². The number of hydrogen-bond acceptors (Lipinski definition) is 3. The lowest BCUT2D eigenvalue weighted by Gasteiger charge is -2.20. The zero-order chi connectivity index (χ0) is 10.6. The molecule has 0 aromatic heterocycles. The predicted molar refractivity (Wildman–Crippen MR) is 52.7 cm³/mol. The fourth-order valence-electron chi connectivity index (χ4n) is 1.47. The van der Waals surface area contributed by atoms with E-state index in [0.29, 0.717) is 6.54 Å². The molecule has 0 saturated carbocycles. The predicted octanol–water partition coefficient (Wildman–Crippen LogP) is -1.15. The van der Waals surface area contributed by atoms with Crippen molar-refractivity contribution < 1.29 is 9.59 Å². The van der Waals surface area contributed by atoms with Crippen molar-refractivity contribution in [2.24, 2.45) is 5.41 Å². The first kappa shape index (κ1) is 11.0. The van der Waals surface area contributed by atoms with E-state index in [9.17, 15) is 9.59 Å². The Bertz CT molecular complexity index is 234. The van der Waals surface area contributed by atoms with Crippen LogP contribution in [0.5, 0.6) is 0 Å². The van der Waals surface area contributed by atoms with E-state index < -0.39 is 0 Å². The van der Waals surface area contributed by atoms with E-state index in [4.69, 9.17) is 0 Å². The molecule has 80 valence electrons. The minimum Gasteiger partial charge on any atom is -0.358 e. The van der Waals surface area contributed by atoms with Crippen molar-refractivity contribution in [3.05, 3.63) is 0 Å². The number of carbonyl (C=O) groups excluding carboxylic acids is 2. The van der Waals surface area contributed by atoms with E-state index in [1.807, 2.05) is 6.92 Å². The Morgan fingerprint density at radius 1 is 1.50 bits per heavy atom. The zero-order valence-corrected chi connectivity index (χ0v) is 8.64. The third kappa shape index (κ3) is 2.45. The fourth-order valence-corrected chi connectivity index (χ4v) is 1.47. The zero-order valence-electron chi connectivity index (χ0n) is 8.64. The van der Waals surface area contributed by atoms with Crippen LogP contribution in [0.2, 0.25) is 0 Å². The average molecular weight is 199 g/mol. The van der Waals surface area contributed by atoms with Crippen LogP contribution in [-0.2, 0) is 9.59 Å². The van der Waals surface area contributed by atoms with Gasteiger partial charge in [0, 0.05) is 13.6 Å². The molecule has 0 bridgehead atoms. The number of rotatable bonds is 3. The summed E-state index contributed by atoms with van der Waals surface area (Å²) in [5.41, 5.74) is -0.353. The maximum absolute atomic E-state index is 11.7. The van der Waals surface area contributed by atoms with Gasteiger partial charge in [0.2, 0.25) is 11.8 Å². The normalized spacial score (nSPS) is 25.9. The highest BCUT2D eigenvalue weighted by Gasteiger charge is 2.36. The van der Waals surface area contributed by atoms with Crippen molar-refractivity contribution in [2.75, 3.05) is 26.7 Å². The first-order valence-electron chi connectivity index (χ1n) is 4.78. The van der Waals surface area contributed by atoms with Crippen LogP contribution in [0.3, 0.4) is 0 Å². The topological polar surface area (TPSA) is 70.2 Å². The van der Waals surface area contributed by atoms with Gasteiger partial charge in [-0.1, -0.05) is 0 Å². The summed E-state index contributed by atoms with van der Waals surface area (Å²) in [6, 6.07) is 0. The summed E-state index contributed by atoms with van der Waals surface area (Å²) in [6.45, 7) is 3.52. The molecule has 1 saturated heterocycles. The Balaban J connectivity index is 2.38. The molecular formula is C9H17N3O2. The Labute approximate surface area is 83.6 Å². The molecule has 3 N–H and O–H groups in total. The van der Waals surface area contributed by atoms with Gasteiger partial charge in [-0.05, 0) is 19.9 Å². The van der Waals surface area contributed by atoms with Crippen LogP contribution in [-0.4, -0.2) is 38.5 Å². The van der Waals surface area contributed by atoms with Gasteiger partial charge in [0.05, 0.1) is 12.0 Å². The lowest BCUT2D eigenvalue weighted by molar-refractivity contribution is -0.131. The highest BCUT2D eigenvalue weighted by molar-refractivity contribution is 5.87. The number of likely N-dealkylation sites (N-methyl/N-ethyl adjacent to an activating group) is 1. The highest BCUT2D eigenvalue weighted by Crippen LogP contribution is 2.24. The van der Waals surface area contributed by atoms with Crippen molar-refractivity contribution in [2.45, 2.75) is 13.3 Å². The van der Waals surface area contributed by atoms with Gasteiger partial charge in [-0.3, -0.25) is 9.59 Å². The molecule has 1 aliphatic rings. The Kier molecular flexibility index (Phi) is 3.46. The summed E-state index contributed by atoms with van der Waals surface area (Å²) in [5.74, 6) is -0.223. The van der Waals surface area contributed by atoms with Gasteiger partial charge in [-0.25, -0.2) is 0 Å². The molecule has 0 aromatic rings. The van der Waals surface area contributed by atoms with Gasteiger partial charge in [-0.2, -0.15) is 0 Å². The van der Waals surface area contributed by atoms with Crippen molar-refractivity contribution in [1.82, 2.24) is 16.0 Å². The lowest BCUT2D eigenvalue weighted by Crippen LogP contribution is -2.44. The summed E-state index contributed by atoms with van der Waals surface area (Å²) in [6.07, 6.45) is 0.826. The maximum Gasteiger partial charge on any atom is 0.239 e. The summed E-state index contributed by atoms with van der Waals surface area (Å²) in [7, 11) is 1.55. The third-order valence-corrected chi connectivity index (χ3v) is 2.61. The number of nitrogens with one attached hydrogen (secondary N) is 3. The third-order valence-electron chi connectivity index (χ3n) is 2.61. The molecule has 0 aliphatic carbocycles. The minimum absolute atomic E-state index is 0.0499. The van der Waals surface area contributed by atoms with Crippen LogP contribution in [0.25, 0.3) is 0 Å². The van der Waals surface area contributed by atoms with Gasteiger partial charge in [0.1, 0.15) is 0 Å². The smallest absolute Gasteiger partial charge is 0.239 e. The van der Waals surface area contributed by atoms with E-state index in [1.54, 1.807) is 7.05 Å². The standard InChI is InChI=1S/C9H17N3O2/c1-9(3-4-11-6-9)8(14)12-5-7(13)10-2/h11H,3-6H2,1-2H3,(H,10,13)(H,12,14). The summed E-state index contributed by atoms with van der Waals surface area (Å²) >= 11 is 0. The number of amides is 2. The summed E-state index contributed by atoms with van der Waals surface area (Å²) in [5, 5.41) is 8.21. The molecule has 1 fully saturated rings. The molecule has 14 heavy (non-hydrogen) atoms. The Morgan fingerprint density at radius 2 is 2.21 bits per heavy atom. The van der Waals surface area contributed by atoms with E-state index >= 15 is 0 Å². The molecular weight excluding hydrogens is 182 g/mol. The van der Waals surface area contributed by atoms with Crippen LogP contribution in [0.4, 0.5) is 0 Å². The second kappa shape index (κ2) is 4.41. The molecule has 5 nitrogen and oxygen atoms in total. The van der Waals surface area contributed by atoms with Crippen LogP contribution in [0.15, 0.2) is 0 Å². The summed E-state index contributed by atoms with van der Waals surface area (Å²) in [4.78, 5) is 22.6. The van der Waals surface area contributed by atoms with Gasteiger partial charge in [0.15, 0.2) is 0 Å². The van der Waals surface area contributed by atoms with Crippen molar-refractivity contribution in [3.63, 3.8) is 0 Å². The molecule has 0 spiro atoms. The quantitative estimate of drug-likeness (QED) is 0.537. The monoisotopic (exact) mass is 199 g/mol. The second-order valence-corrected chi connectivity index (χ2v) is 3.84. The van der Waals surface area contributed by atoms with Gasteiger partial charge in [0.25, 0.3) is 0 Å². The Hall–Kier alpha value is -1.10. The first-order valence-corrected chi connectivity index (χ1v) is 4.78. The molecule has 2 amide bonds. The van der Waals surface area contributed by atoms with Crippen LogP contribution in [0, 0.1) is 5.41 Å². The Morgan fingerprint density at radius 3 is 2.71 bits per heavy atom. The first-order chi connectivity index (χ1) is 6.58. The number of hydrogen-bond donors (Lipinski definition) is 3. The van der Waals surface area contributed by atoms with Crippen LogP contribution >= 0.6 is 0 Å². The summed E-state index contributed by atoms with van der Waals surface area (Å²) < 4.78 is 0. The molecule has 1 rings (SSSR count). The SMILES string of the molecule is CNC(=O)CNC(=O)C1(C)CCNC1. The number of carbonyl (C=O) groups is 2. The van der Waals surface area contributed by atoms with Crippen molar-refractivity contribution in [1.29, 1.82) is 0 Å². The van der Waals surface area contributed by atoms with Crippen molar-refractivity contribution >= 4 is 11.8 Å². The molecule has 1 unspecified atom stereocenters. The van der Waals surface area contributed by atoms with Crippen molar-refractivity contribution in [3.8, 4) is 0 Å². The molecule has 0 aromatic carbocycles. The minimum atomic E-state index is -0.353. The lowest BCUT2D eigenvalue weighted by atomic mass is 9.89. The maximum atomic E-state index is 11.7. The molecule has 1 heterocycles. The van der Waals surface area contributed by atoms with E-state index in [2.05, 4.69) is 16.0 Å². The second-order valence-electron chi connectivity index (χ2n) is 3.84. The van der Waals surface area contributed by atoms with Crippen LogP contribution in [0.1, 0.15) is 13.3 Å². The fraction of sp³-hybridized carbons (Fsp3) is 0.778. The highest BCUT2D eigenvalue weighted by atomic mass is 16.2. The van der Waals surface area contributed by atoms with Gasteiger partial charge in [-0.15, -0.1) is 0 Å². The molecule has 1 atom stereocenters. The van der Waals surface area contributed by atoms with E-state index in [1.165, 1.54) is 0 Å². The van der Waals surface area contributed by atoms with Gasteiger partial charge >= 0.3 is 0 Å². The van der Waals surface area contributed by atoms with Crippen LogP contribution < -0.4 is 16.0 Å². The van der Waals surface area contributed by atoms with Gasteiger partial charge < -0.3 is 16.0 Å². The molecule has 1 aliphatic heterocycles. The molecule has 0 radical (unpaired) electrons. The largest absolute Gasteiger partial charge is 0.358 e.